The molecule has 0 amide bonds. The van der Waals surface area contributed by atoms with Crippen molar-refractivity contribution in [2.24, 2.45) is 5.73 Å². The fourth-order valence-corrected chi connectivity index (χ4v) is 0.929. The van der Waals surface area contributed by atoms with Gasteiger partial charge in [-0.15, -0.1) is 10.2 Å². The zero-order valence-corrected chi connectivity index (χ0v) is 6.84. The molecule has 0 saturated carbocycles. The SMILES string of the molecule is NCc1nnc(-c2ccccn2)o1. The molecule has 13 heavy (non-hydrogen) atoms. The lowest BCUT2D eigenvalue weighted by atomic mass is 10.3. The topological polar surface area (TPSA) is 77.8 Å². The van der Waals surface area contributed by atoms with Gasteiger partial charge in [-0.3, -0.25) is 4.98 Å². The summed E-state index contributed by atoms with van der Waals surface area (Å²) in [5.74, 6) is 0.821. The number of pyridine rings is 1. The summed E-state index contributed by atoms with van der Waals surface area (Å²) in [4.78, 5) is 4.06. The molecule has 0 atom stereocenters. The van der Waals surface area contributed by atoms with Crippen molar-refractivity contribution in [3.63, 3.8) is 0 Å². The highest BCUT2D eigenvalue weighted by molar-refractivity contribution is 5.44. The van der Waals surface area contributed by atoms with E-state index in [4.69, 9.17) is 10.2 Å². The highest BCUT2D eigenvalue weighted by atomic mass is 16.4. The van der Waals surface area contributed by atoms with Crippen molar-refractivity contribution in [2.45, 2.75) is 6.54 Å². The molecule has 2 heterocycles. The van der Waals surface area contributed by atoms with Gasteiger partial charge in [-0.1, -0.05) is 6.07 Å². The Morgan fingerprint density at radius 3 is 2.85 bits per heavy atom. The van der Waals surface area contributed by atoms with E-state index < -0.39 is 0 Å². The highest BCUT2D eigenvalue weighted by Gasteiger charge is 2.06. The lowest BCUT2D eigenvalue weighted by molar-refractivity contribution is 0.507. The van der Waals surface area contributed by atoms with Crippen LogP contribution in [0.3, 0.4) is 0 Å². The molecule has 0 aliphatic carbocycles. The lowest BCUT2D eigenvalue weighted by Gasteiger charge is -1.90. The van der Waals surface area contributed by atoms with Crippen molar-refractivity contribution in [3.05, 3.63) is 30.3 Å². The second-order valence-electron chi connectivity index (χ2n) is 2.42. The van der Waals surface area contributed by atoms with Crippen LogP contribution in [0.5, 0.6) is 0 Å². The van der Waals surface area contributed by atoms with E-state index in [9.17, 15) is 0 Å². The van der Waals surface area contributed by atoms with E-state index >= 15 is 0 Å². The number of nitrogens with two attached hydrogens (primary N) is 1. The predicted octanol–water partition coefficient (Wildman–Crippen LogP) is 0.590. The molecule has 2 N–H and O–H groups in total. The third-order valence-corrected chi connectivity index (χ3v) is 1.53. The van der Waals surface area contributed by atoms with E-state index in [1.54, 1.807) is 12.3 Å². The average Bonchev–Trinajstić information content (AvgIpc) is 2.67. The molecule has 0 unspecified atom stereocenters. The van der Waals surface area contributed by atoms with Crippen molar-refractivity contribution in [1.29, 1.82) is 0 Å². The molecule has 0 bridgehead atoms. The molecule has 0 aromatic carbocycles. The molecule has 66 valence electrons. The maximum atomic E-state index is 5.32. The van der Waals surface area contributed by atoms with E-state index in [0.717, 1.165) is 0 Å². The molecule has 0 spiro atoms. The van der Waals surface area contributed by atoms with Gasteiger partial charge in [0.2, 0.25) is 5.89 Å². The van der Waals surface area contributed by atoms with Crippen molar-refractivity contribution >= 4 is 0 Å². The second-order valence-corrected chi connectivity index (χ2v) is 2.42. The van der Waals surface area contributed by atoms with Gasteiger partial charge in [-0.2, -0.15) is 0 Å². The first-order chi connectivity index (χ1) is 6.40. The Hall–Kier alpha value is -1.75. The molecule has 0 aliphatic rings. The maximum absolute atomic E-state index is 5.32. The summed E-state index contributed by atoms with van der Waals surface area (Å²) in [6.07, 6.45) is 1.67. The molecular weight excluding hydrogens is 168 g/mol. The molecule has 0 radical (unpaired) electrons. The van der Waals surface area contributed by atoms with Gasteiger partial charge in [0.1, 0.15) is 5.69 Å². The van der Waals surface area contributed by atoms with Gasteiger partial charge in [0.25, 0.3) is 5.89 Å². The normalized spacial score (nSPS) is 10.2. The van der Waals surface area contributed by atoms with Gasteiger partial charge in [-0.25, -0.2) is 0 Å². The van der Waals surface area contributed by atoms with Crippen LogP contribution in [-0.2, 0) is 6.54 Å². The summed E-state index contributed by atoms with van der Waals surface area (Å²) in [6, 6.07) is 5.48. The van der Waals surface area contributed by atoms with Crippen molar-refractivity contribution < 1.29 is 4.42 Å². The van der Waals surface area contributed by atoms with Gasteiger partial charge in [0.05, 0.1) is 6.54 Å². The molecule has 0 aliphatic heterocycles. The largest absolute Gasteiger partial charge is 0.418 e. The summed E-state index contributed by atoms with van der Waals surface area (Å²) in [7, 11) is 0. The number of hydrogen-bond acceptors (Lipinski definition) is 5. The molecule has 2 rings (SSSR count). The monoisotopic (exact) mass is 176 g/mol. The fourth-order valence-electron chi connectivity index (χ4n) is 0.929. The van der Waals surface area contributed by atoms with Crippen LogP contribution in [-0.4, -0.2) is 15.2 Å². The fraction of sp³-hybridized carbons (Fsp3) is 0.125. The number of nitrogens with zero attached hydrogens (tertiary/aromatic N) is 3. The van der Waals surface area contributed by atoms with E-state index in [2.05, 4.69) is 15.2 Å². The predicted molar refractivity (Wildman–Crippen MR) is 45.4 cm³/mol. The lowest BCUT2D eigenvalue weighted by Crippen LogP contribution is -1.95. The summed E-state index contributed by atoms with van der Waals surface area (Å²) in [5.41, 5.74) is 5.99. The molecule has 2 aromatic rings. The smallest absolute Gasteiger partial charge is 0.266 e. The molecule has 5 nitrogen and oxygen atoms in total. The molecule has 0 fully saturated rings. The zero-order chi connectivity index (χ0) is 9.10. The van der Waals surface area contributed by atoms with Crippen LogP contribution < -0.4 is 5.73 Å². The Morgan fingerprint density at radius 1 is 1.31 bits per heavy atom. The third-order valence-electron chi connectivity index (χ3n) is 1.53. The van der Waals surface area contributed by atoms with Gasteiger partial charge in [0, 0.05) is 6.20 Å². The van der Waals surface area contributed by atoms with Crippen LogP contribution in [0.25, 0.3) is 11.6 Å². The first kappa shape index (κ1) is 7.88. The molecule has 2 aromatic heterocycles. The Morgan fingerprint density at radius 2 is 2.23 bits per heavy atom. The molecular formula is C8H8N4O. The number of rotatable bonds is 2. The van der Waals surface area contributed by atoms with Crippen LogP contribution in [0.1, 0.15) is 5.89 Å². The van der Waals surface area contributed by atoms with Crippen molar-refractivity contribution in [1.82, 2.24) is 15.2 Å². The average molecular weight is 176 g/mol. The minimum Gasteiger partial charge on any atom is -0.418 e. The van der Waals surface area contributed by atoms with Crippen LogP contribution in [0, 0.1) is 0 Å². The van der Waals surface area contributed by atoms with Crippen LogP contribution in [0.4, 0.5) is 0 Å². The van der Waals surface area contributed by atoms with Crippen molar-refractivity contribution in [3.8, 4) is 11.6 Å². The standard InChI is InChI=1S/C8H8N4O/c9-5-7-11-12-8(13-7)6-3-1-2-4-10-6/h1-4H,5,9H2. The first-order valence-electron chi connectivity index (χ1n) is 3.84. The van der Waals surface area contributed by atoms with Crippen molar-refractivity contribution in [2.75, 3.05) is 0 Å². The molecule has 5 heteroatoms. The summed E-state index contributed by atoms with van der Waals surface area (Å²) in [5, 5.41) is 7.53. The Balaban J connectivity index is 2.36. The van der Waals surface area contributed by atoms with E-state index in [0.29, 0.717) is 17.5 Å². The number of aromatic nitrogens is 3. The van der Waals surface area contributed by atoms with Crippen LogP contribution in [0.2, 0.25) is 0 Å². The minimum atomic E-state index is 0.250. The minimum absolute atomic E-state index is 0.250. The summed E-state index contributed by atoms with van der Waals surface area (Å²) < 4.78 is 5.21. The first-order valence-corrected chi connectivity index (χ1v) is 3.84. The summed E-state index contributed by atoms with van der Waals surface area (Å²) in [6.45, 7) is 0.250. The van der Waals surface area contributed by atoms with Gasteiger partial charge in [0.15, 0.2) is 0 Å². The van der Waals surface area contributed by atoms with E-state index in [1.165, 1.54) is 0 Å². The van der Waals surface area contributed by atoms with Gasteiger partial charge < -0.3 is 10.2 Å². The number of hydrogen-bond donors (Lipinski definition) is 1. The Bertz CT molecular complexity index is 384. The summed E-state index contributed by atoms with van der Waals surface area (Å²) >= 11 is 0. The van der Waals surface area contributed by atoms with E-state index in [-0.39, 0.29) is 6.54 Å². The third kappa shape index (κ3) is 1.54. The van der Waals surface area contributed by atoms with Gasteiger partial charge >= 0.3 is 0 Å². The van der Waals surface area contributed by atoms with Crippen LogP contribution >= 0.6 is 0 Å². The Labute approximate surface area is 74.6 Å². The van der Waals surface area contributed by atoms with Crippen LogP contribution in [0.15, 0.2) is 28.8 Å². The second kappa shape index (κ2) is 3.32. The zero-order valence-electron chi connectivity index (χ0n) is 6.84. The molecule has 0 saturated heterocycles. The van der Waals surface area contributed by atoms with E-state index in [1.807, 2.05) is 12.1 Å². The highest BCUT2D eigenvalue weighted by Crippen LogP contribution is 2.13. The van der Waals surface area contributed by atoms with Gasteiger partial charge in [-0.05, 0) is 12.1 Å². The maximum Gasteiger partial charge on any atom is 0.266 e. The Kier molecular flexibility index (Phi) is 2.01. The quantitative estimate of drug-likeness (QED) is 0.724.